The lowest BCUT2D eigenvalue weighted by molar-refractivity contribution is -0.127. The maximum absolute atomic E-state index is 13.1. The van der Waals surface area contributed by atoms with Crippen LogP contribution in [0.15, 0.2) is 0 Å². The number of hydrogen-bond donors (Lipinski definition) is 0. The SMILES string of the molecule is CCC(CCCCC[Si](C)(OC)OC)C(=O)C(CC)CCCCC[Si](C)(OC)OC. The molecule has 5 nitrogen and oxygen atoms in total. The van der Waals surface area contributed by atoms with Crippen LogP contribution in [-0.2, 0) is 22.5 Å². The molecule has 0 rings (SSSR count). The maximum atomic E-state index is 13.1. The van der Waals surface area contributed by atoms with Gasteiger partial charge in [-0.3, -0.25) is 4.79 Å². The molecule has 0 fully saturated rings. The van der Waals surface area contributed by atoms with E-state index in [1.165, 1.54) is 0 Å². The number of carbonyl (C=O) groups is 1. The second-order valence-electron chi connectivity index (χ2n) is 8.90. The van der Waals surface area contributed by atoms with Gasteiger partial charge in [0.15, 0.2) is 0 Å². The number of rotatable bonds is 20. The molecule has 0 amide bonds. The van der Waals surface area contributed by atoms with E-state index in [0.29, 0.717) is 5.78 Å². The molecule has 0 aromatic rings. The molecule has 0 aromatic heterocycles. The van der Waals surface area contributed by atoms with Crippen molar-refractivity contribution in [1.82, 2.24) is 0 Å². The third kappa shape index (κ3) is 11.5. The average molecular weight is 463 g/mol. The zero-order valence-corrected chi connectivity index (χ0v) is 23.2. The van der Waals surface area contributed by atoms with E-state index in [9.17, 15) is 4.79 Å². The van der Waals surface area contributed by atoms with Crippen molar-refractivity contribution in [3.05, 3.63) is 0 Å². The van der Waals surface area contributed by atoms with Crippen LogP contribution in [0.5, 0.6) is 0 Å². The summed E-state index contributed by atoms with van der Waals surface area (Å²) >= 11 is 0. The van der Waals surface area contributed by atoms with Gasteiger partial charge in [0, 0.05) is 40.3 Å². The van der Waals surface area contributed by atoms with Gasteiger partial charge >= 0.3 is 17.1 Å². The summed E-state index contributed by atoms with van der Waals surface area (Å²) in [6, 6.07) is 2.05. The summed E-state index contributed by atoms with van der Waals surface area (Å²) in [4.78, 5) is 13.1. The first-order chi connectivity index (χ1) is 14.2. The molecule has 0 N–H and O–H groups in total. The number of carbonyl (C=O) groups excluding carboxylic acids is 1. The topological polar surface area (TPSA) is 54.0 Å². The Morgan fingerprint density at radius 1 is 0.633 bits per heavy atom. The molecule has 0 aliphatic rings. The lowest BCUT2D eigenvalue weighted by atomic mass is 9.83. The maximum Gasteiger partial charge on any atom is 0.334 e. The predicted octanol–water partition coefficient (Wildman–Crippen LogP) is 6.46. The van der Waals surface area contributed by atoms with Crippen LogP contribution in [0, 0.1) is 11.8 Å². The van der Waals surface area contributed by atoms with Gasteiger partial charge in [0.2, 0.25) is 0 Å². The van der Waals surface area contributed by atoms with E-state index in [1.54, 1.807) is 28.4 Å². The Hall–Kier alpha value is -0.0562. The summed E-state index contributed by atoms with van der Waals surface area (Å²) < 4.78 is 22.2. The minimum absolute atomic E-state index is 0.223. The highest BCUT2D eigenvalue weighted by Crippen LogP contribution is 2.26. The van der Waals surface area contributed by atoms with Crippen LogP contribution in [-0.4, -0.2) is 51.3 Å². The van der Waals surface area contributed by atoms with Crippen molar-refractivity contribution in [2.75, 3.05) is 28.4 Å². The van der Waals surface area contributed by atoms with Crippen molar-refractivity contribution in [3.63, 3.8) is 0 Å². The van der Waals surface area contributed by atoms with E-state index >= 15 is 0 Å². The van der Waals surface area contributed by atoms with Crippen molar-refractivity contribution in [3.8, 4) is 0 Å². The third-order valence-electron chi connectivity index (χ3n) is 6.88. The molecule has 2 atom stereocenters. The van der Waals surface area contributed by atoms with E-state index < -0.39 is 17.1 Å². The molecule has 0 saturated heterocycles. The molecule has 0 aromatic carbocycles. The van der Waals surface area contributed by atoms with Crippen molar-refractivity contribution in [2.24, 2.45) is 11.8 Å². The lowest BCUT2D eigenvalue weighted by Gasteiger charge is -2.23. The summed E-state index contributed by atoms with van der Waals surface area (Å²) in [7, 11) is 3.11. The molecule has 2 unspecified atom stereocenters. The van der Waals surface area contributed by atoms with Crippen LogP contribution in [0.3, 0.4) is 0 Å². The Balaban J connectivity index is 4.27. The van der Waals surface area contributed by atoms with Crippen LogP contribution >= 0.6 is 0 Å². The van der Waals surface area contributed by atoms with Crippen molar-refractivity contribution in [2.45, 2.75) is 103 Å². The quantitative estimate of drug-likeness (QED) is 0.153. The van der Waals surface area contributed by atoms with Gasteiger partial charge < -0.3 is 17.7 Å². The second kappa shape index (κ2) is 16.6. The standard InChI is InChI=1S/C23H50O5Si2/c1-9-21(17-13-11-15-19-29(7,25-3)26-4)23(24)22(10-2)18-14-12-16-20-30(8,27-5)28-6/h21-22H,9-20H2,1-8H3. The van der Waals surface area contributed by atoms with Gasteiger partial charge in [-0.25, -0.2) is 0 Å². The van der Waals surface area contributed by atoms with E-state index in [1.807, 2.05) is 0 Å². The Labute approximate surface area is 189 Å². The fraction of sp³-hybridized carbons (Fsp3) is 0.957. The second-order valence-corrected chi connectivity index (χ2v) is 16.1. The largest absolute Gasteiger partial charge is 0.398 e. The molecule has 0 bridgehead atoms. The molecular weight excluding hydrogens is 412 g/mol. The number of ketones is 1. The van der Waals surface area contributed by atoms with Crippen molar-refractivity contribution in [1.29, 1.82) is 0 Å². The van der Waals surface area contributed by atoms with Gasteiger partial charge in [-0.1, -0.05) is 52.4 Å². The minimum Gasteiger partial charge on any atom is -0.398 e. The Morgan fingerprint density at radius 3 is 1.23 bits per heavy atom. The first-order valence-electron chi connectivity index (χ1n) is 12.0. The fourth-order valence-corrected chi connectivity index (χ4v) is 6.96. The van der Waals surface area contributed by atoms with Crippen LogP contribution in [0.2, 0.25) is 25.2 Å². The molecule has 7 heteroatoms. The minimum atomic E-state index is -1.95. The molecule has 0 heterocycles. The highest BCUT2D eigenvalue weighted by molar-refractivity contribution is 6.66. The van der Waals surface area contributed by atoms with Gasteiger partial charge in [0.05, 0.1) is 0 Å². The molecule has 0 aliphatic carbocycles. The molecular formula is C23H50O5Si2. The zero-order valence-electron chi connectivity index (χ0n) is 21.2. The first kappa shape index (κ1) is 29.9. The summed E-state index contributed by atoms with van der Waals surface area (Å²) in [6.45, 7) is 8.56. The Kier molecular flexibility index (Phi) is 16.5. The van der Waals surface area contributed by atoms with Crippen LogP contribution < -0.4 is 0 Å². The zero-order chi connectivity index (χ0) is 23.0. The van der Waals surface area contributed by atoms with E-state index in [-0.39, 0.29) is 11.8 Å². The Morgan fingerprint density at radius 2 is 0.967 bits per heavy atom. The molecule has 0 aliphatic heterocycles. The number of Topliss-reactive ketones (excluding diaryl/α,β-unsaturated/α-hetero) is 1. The predicted molar refractivity (Wildman–Crippen MR) is 130 cm³/mol. The van der Waals surface area contributed by atoms with Gasteiger partial charge in [0.1, 0.15) is 5.78 Å². The van der Waals surface area contributed by atoms with E-state index in [4.69, 9.17) is 17.7 Å². The first-order valence-corrected chi connectivity index (χ1v) is 17.0. The normalized spacial score (nSPS) is 14.7. The molecule has 0 spiro atoms. The van der Waals surface area contributed by atoms with E-state index in [2.05, 4.69) is 26.9 Å². The van der Waals surface area contributed by atoms with Gasteiger partial charge in [-0.15, -0.1) is 0 Å². The van der Waals surface area contributed by atoms with Crippen LogP contribution in [0.25, 0.3) is 0 Å². The van der Waals surface area contributed by atoms with Crippen molar-refractivity contribution >= 4 is 22.9 Å². The highest BCUT2D eigenvalue weighted by atomic mass is 28.4. The number of unbranched alkanes of at least 4 members (excludes halogenated alkanes) is 4. The van der Waals surface area contributed by atoms with Gasteiger partial charge in [0.25, 0.3) is 0 Å². The molecule has 30 heavy (non-hydrogen) atoms. The summed E-state index contributed by atoms with van der Waals surface area (Å²) in [6.07, 6.45) is 10.8. The highest BCUT2D eigenvalue weighted by Gasteiger charge is 2.29. The smallest absolute Gasteiger partial charge is 0.334 e. The lowest BCUT2D eigenvalue weighted by Crippen LogP contribution is -2.35. The van der Waals surface area contributed by atoms with E-state index in [0.717, 1.165) is 76.3 Å². The summed E-state index contributed by atoms with van der Waals surface area (Å²) in [5.74, 6) is 0.947. The average Bonchev–Trinajstić information content (AvgIpc) is 2.77. The summed E-state index contributed by atoms with van der Waals surface area (Å²) in [5.41, 5.74) is 0. The number of hydrogen-bond acceptors (Lipinski definition) is 5. The Bertz CT molecular complexity index is 401. The summed E-state index contributed by atoms with van der Waals surface area (Å²) in [5, 5.41) is 0. The molecule has 0 radical (unpaired) electrons. The third-order valence-corrected chi connectivity index (χ3v) is 12.9. The molecule has 180 valence electrons. The van der Waals surface area contributed by atoms with Crippen molar-refractivity contribution < 1.29 is 22.5 Å². The monoisotopic (exact) mass is 462 g/mol. The van der Waals surface area contributed by atoms with Gasteiger partial charge in [-0.05, 0) is 50.9 Å². The van der Waals surface area contributed by atoms with Crippen LogP contribution in [0.1, 0.15) is 78.1 Å². The molecule has 0 saturated carbocycles. The van der Waals surface area contributed by atoms with Gasteiger partial charge in [-0.2, -0.15) is 0 Å². The fourth-order valence-electron chi connectivity index (χ4n) is 4.03. The van der Waals surface area contributed by atoms with Crippen LogP contribution in [0.4, 0.5) is 0 Å².